The van der Waals surface area contributed by atoms with Crippen LogP contribution in [0.25, 0.3) is 0 Å². The van der Waals surface area contributed by atoms with Gasteiger partial charge in [0, 0.05) is 5.56 Å². The van der Waals surface area contributed by atoms with E-state index in [9.17, 15) is 18.0 Å². The standard InChI is InChI=1S/C21H25NO5S/c1-15(20(24)27-14-19(23)16-8-6-5-7-9-16)22-28(25,26)18-12-10-17(11-13-18)21(2,3)4/h5-13,15,22H,14H2,1-4H3/t15-/m0/s1. The second kappa shape index (κ2) is 8.67. The molecule has 0 bridgehead atoms. The first-order valence-corrected chi connectivity index (χ1v) is 10.4. The highest BCUT2D eigenvalue weighted by molar-refractivity contribution is 7.89. The molecule has 0 aromatic heterocycles. The number of ketones is 1. The number of rotatable bonds is 7. The van der Waals surface area contributed by atoms with Crippen molar-refractivity contribution in [2.75, 3.05) is 6.61 Å². The smallest absolute Gasteiger partial charge is 0.324 e. The van der Waals surface area contributed by atoms with E-state index in [0.717, 1.165) is 5.56 Å². The monoisotopic (exact) mass is 403 g/mol. The van der Waals surface area contributed by atoms with Crippen LogP contribution in [-0.4, -0.2) is 32.8 Å². The normalized spacial score (nSPS) is 13.0. The highest BCUT2D eigenvalue weighted by Gasteiger charge is 2.24. The molecule has 0 unspecified atom stereocenters. The molecule has 0 fully saturated rings. The van der Waals surface area contributed by atoms with Gasteiger partial charge in [-0.2, -0.15) is 4.72 Å². The first-order chi connectivity index (χ1) is 13.0. The molecule has 2 rings (SSSR count). The molecule has 0 aliphatic rings. The summed E-state index contributed by atoms with van der Waals surface area (Å²) < 4.78 is 32.2. The molecule has 0 spiro atoms. The van der Waals surface area contributed by atoms with Crippen molar-refractivity contribution in [1.29, 1.82) is 0 Å². The third-order valence-electron chi connectivity index (χ3n) is 4.16. The molecule has 150 valence electrons. The van der Waals surface area contributed by atoms with Crippen LogP contribution in [-0.2, 0) is 25.0 Å². The Morgan fingerprint density at radius 1 is 1.00 bits per heavy atom. The Kier molecular flexibility index (Phi) is 6.74. The van der Waals surface area contributed by atoms with Crippen LogP contribution in [0.2, 0.25) is 0 Å². The minimum atomic E-state index is -3.89. The number of carbonyl (C=O) groups excluding carboxylic acids is 2. The molecular weight excluding hydrogens is 378 g/mol. The third kappa shape index (κ3) is 5.74. The van der Waals surface area contributed by atoms with Crippen LogP contribution in [0, 0.1) is 0 Å². The molecule has 0 aliphatic heterocycles. The summed E-state index contributed by atoms with van der Waals surface area (Å²) in [5, 5.41) is 0. The summed E-state index contributed by atoms with van der Waals surface area (Å²) in [6.07, 6.45) is 0. The second-order valence-corrected chi connectivity index (χ2v) is 9.23. The molecule has 6 nitrogen and oxygen atoms in total. The summed E-state index contributed by atoms with van der Waals surface area (Å²) in [6.45, 7) is 7.02. The predicted molar refractivity (Wildman–Crippen MR) is 107 cm³/mol. The number of hydrogen-bond acceptors (Lipinski definition) is 5. The first-order valence-electron chi connectivity index (χ1n) is 8.88. The molecule has 0 saturated carbocycles. The van der Waals surface area contributed by atoms with Crippen molar-refractivity contribution >= 4 is 21.8 Å². The number of hydrogen-bond donors (Lipinski definition) is 1. The lowest BCUT2D eigenvalue weighted by Gasteiger charge is -2.19. The Labute approximate surface area is 166 Å². The van der Waals surface area contributed by atoms with Crippen molar-refractivity contribution in [2.45, 2.75) is 44.0 Å². The van der Waals surface area contributed by atoms with Crippen molar-refractivity contribution < 1.29 is 22.7 Å². The topological polar surface area (TPSA) is 89.5 Å². The Hall–Kier alpha value is -2.51. The van der Waals surface area contributed by atoms with Crippen molar-refractivity contribution in [2.24, 2.45) is 0 Å². The van der Waals surface area contributed by atoms with Crippen LogP contribution in [0.5, 0.6) is 0 Å². The minimum absolute atomic E-state index is 0.0560. The van der Waals surface area contributed by atoms with E-state index in [1.807, 2.05) is 20.8 Å². The van der Waals surface area contributed by atoms with E-state index in [1.165, 1.54) is 19.1 Å². The average molecular weight is 404 g/mol. The fraction of sp³-hybridized carbons (Fsp3) is 0.333. The van der Waals surface area contributed by atoms with Crippen LogP contribution in [0.3, 0.4) is 0 Å². The molecule has 2 aromatic carbocycles. The van der Waals surface area contributed by atoms with Gasteiger partial charge in [0.1, 0.15) is 6.04 Å². The number of nitrogens with one attached hydrogen (secondary N) is 1. The third-order valence-corrected chi connectivity index (χ3v) is 5.71. The van der Waals surface area contributed by atoms with Crippen molar-refractivity contribution in [3.63, 3.8) is 0 Å². The fourth-order valence-corrected chi connectivity index (χ4v) is 3.64. The van der Waals surface area contributed by atoms with Gasteiger partial charge in [-0.15, -0.1) is 0 Å². The minimum Gasteiger partial charge on any atom is -0.456 e. The Balaban J connectivity index is 1.97. The number of benzene rings is 2. The second-order valence-electron chi connectivity index (χ2n) is 7.51. The summed E-state index contributed by atoms with van der Waals surface area (Å²) in [4.78, 5) is 24.1. The van der Waals surface area contributed by atoms with E-state index in [2.05, 4.69) is 4.72 Å². The maximum atomic E-state index is 12.5. The highest BCUT2D eigenvalue weighted by atomic mass is 32.2. The molecule has 0 aliphatic carbocycles. The molecule has 0 radical (unpaired) electrons. The van der Waals surface area contributed by atoms with Gasteiger partial charge >= 0.3 is 5.97 Å². The van der Waals surface area contributed by atoms with Gasteiger partial charge in [-0.05, 0) is 30.0 Å². The van der Waals surface area contributed by atoms with Gasteiger partial charge in [0.15, 0.2) is 12.4 Å². The summed E-state index contributed by atoms with van der Waals surface area (Å²) in [6, 6.07) is 13.8. The first kappa shape index (κ1) is 21.8. The lowest BCUT2D eigenvalue weighted by atomic mass is 9.87. The number of ether oxygens (including phenoxy) is 1. The molecule has 1 atom stereocenters. The number of sulfonamides is 1. The van der Waals surface area contributed by atoms with Crippen LogP contribution in [0.4, 0.5) is 0 Å². The number of carbonyl (C=O) groups is 2. The van der Waals surface area contributed by atoms with Crippen LogP contribution < -0.4 is 4.72 Å². The van der Waals surface area contributed by atoms with E-state index in [-0.39, 0.29) is 16.1 Å². The Morgan fingerprint density at radius 3 is 2.11 bits per heavy atom. The number of Topliss-reactive ketones (excluding diaryl/α,β-unsaturated/α-hetero) is 1. The molecule has 2 aromatic rings. The number of esters is 1. The molecule has 7 heteroatoms. The van der Waals surface area contributed by atoms with Gasteiger partial charge in [0.05, 0.1) is 4.90 Å². The molecular formula is C21H25NO5S. The zero-order chi connectivity index (χ0) is 20.9. The maximum Gasteiger partial charge on any atom is 0.324 e. The summed E-state index contributed by atoms with van der Waals surface area (Å²) >= 11 is 0. The van der Waals surface area contributed by atoms with Crippen LogP contribution in [0.15, 0.2) is 59.5 Å². The Bertz CT molecular complexity index is 929. The largest absolute Gasteiger partial charge is 0.456 e. The van der Waals surface area contributed by atoms with Crippen LogP contribution >= 0.6 is 0 Å². The maximum absolute atomic E-state index is 12.5. The SMILES string of the molecule is C[C@H](NS(=O)(=O)c1ccc(C(C)(C)C)cc1)C(=O)OCC(=O)c1ccccc1. The van der Waals surface area contributed by atoms with E-state index in [0.29, 0.717) is 5.56 Å². The average Bonchev–Trinajstić information content (AvgIpc) is 2.65. The van der Waals surface area contributed by atoms with Gasteiger partial charge in [-0.1, -0.05) is 63.2 Å². The van der Waals surface area contributed by atoms with E-state index in [4.69, 9.17) is 4.74 Å². The van der Waals surface area contributed by atoms with Gasteiger partial charge in [0.2, 0.25) is 10.0 Å². The molecule has 28 heavy (non-hydrogen) atoms. The lowest BCUT2D eigenvalue weighted by molar-refractivity contribution is -0.144. The molecule has 1 N–H and O–H groups in total. The summed E-state index contributed by atoms with van der Waals surface area (Å²) in [5.74, 6) is -1.18. The fourth-order valence-electron chi connectivity index (χ4n) is 2.45. The lowest BCUT2D eigenvalue weighted by Crippen LogP contribution is -2.40. The zero-order valence-electron chi connectivity index (χ0n) is 16.4. The van der Waals surface area contributed by atoms with E-state index >= 15 is 0 Å². The summed E-state index contributed by atoms with van der Waals surface area (Å²) in [5.41, 5.74) is 1.32. The van der Waals surface area contributed by atoms with Gasteiger partial charge < -0.3 is 4.74 Å². The van der Waals surface area contributed by atoms with E-state index in [1.54, 1.807) is 42.5 Å². The Morgan fingerprint density at radius 2 is 1.57 bits per heavy atom. The molecule has 0 amide bonds. The van der Waals surface area contributed by atoms with Gasteiger partial charge in [0.25, 0.3) is 0 Å². The zero-order valence-corrected chi connectivity index (χ0v) is 17.2. The molecule has 0 heterocycles. The predicted octanol–water partition coefficient (Wildman–Crippen LogP) is 3.08. The quantitative estimate of drug-likeness (QED) is 0.567. The van der Waals surface area contributed by atoms with Crippen molar-refractivity contribution in [3.05, 3.63) is 65.7 Å². The van der Waals surface area contributed by atoms with Crippen LogP contribution in [0.1, 0.15) is 43.6 Å². The van der Waals surface area contributed by atoms with Gasteiger partial charge in [-0.3, -0.25) is 9.59 Å². The highest BCUT2D eigenvalue weighted by Crippen LogP contribution is 2.23. The van der Waals surface area contributed by atoms with Gasteiger partial charge in [-0.25, -0.2) is 8.42 Å². The van der Waals surface area contributed by atoms with Crippen molar-refractivity contribution in [3.8, 4) is 0 Å². The molecule has 0 saturated heterocycles. The van der Waals surface area contributed by atoms with E-state index < -0.39 is 28.6 Å². The van der Waals surface area contributed by atoms with Crippen molar-refractivity contribution in [1.82, 2.24) is 4.72 Å². The summed E-state index contributed by atoms with van der Waals surface area (Å²) in [7, 11) is -3.89.